The van der Waals surface area contributed by atoms with Crippen molar-refractivity contribution in [2.75, 3.05) is 20.3 Å². The fourth-order valence-electron chi connectivity index (χ4n) is 4.95. The second-order valence-electron chi connectivity index (χ2n) is 9.20. The molecule has 194 valence electrons. The molecule has 4 aromatic rings. The van der Waals surface area contributed by atoms with Crippen molar-refractivity contribution < 1.29 is 22.7 Å². The zero-order valence-electron chi connectivity index (χ0n) is 20.6. The Kier molecular flexibility index (Phi) is 7.30. The Morgan fingerprint density at radius 2 is 1.86 bits per heavy atom. The van der Waals surface area contributed by atoms with E-state index in [-0.39, 0.29) is 17.8 Å². The van der Waals surface area contributed by atoms with Gasteiger partial charge in [-0.05, 0) is 43.9 Å². The topological polar surface area (TPSA) is 60.2 Å². The number of thiazole rings is 1. The van der Waals surface area contributed by atoms with Gasteiger partial charge in [-0.15, -0.1) is 11.3 Å². The van der Waals surface area contributed by atoms with Gasteiger partial charge in [-0.1, -0.05) is 12.1 Å². The van der Waals surface area contributed by atoms with Crippen LogP contribution in [-0.2, 0) is 17.7 Å². The normalized spacial score (nSPS) is 16.0. The van der Waals surface area contributed by atoms with Gasteiger partial charge >= 0.3 is 0 Å². The molecule has 0 aliphatic carbocycles. The fraction of sp³-hybridized carbons (Fsp3) is 0.370. The number of halogens is 3. The predicted octanol–water partition coefficient (Wildman–Crippen LogP) is 5.77. The van der Waals surface area contributed by atoms with E-state index in [4.69, 9.17) is 4.74 Å². The molecule has 1 amide bonds. The van der Waals surface area contributed by atoms with Crippen molar-refractivity contribution in [2.24, 2.45) is 0 Å². The van der Waals surface area contributed by atoms with Crippen LogP contribution >= 0.6 is 11.3 Å². The Labute approximate surface area is 216 Å². The Bertz CT molecular complexity index is 1430. The molecule has 0 N–H and O–H groups in total. The van der Waals surface area contributed by atoms with Gasteiger partial charge in [0.05, 0.1) is 27.5 Å². The number of nitrogens with zero attached hydrogens (tertiary/aromatic N) is 4. The van der Waals surface area contributed by atoms with Crippen molar-refractivity contribution in [3.05, 3.63) is 70.4 Å². The van der Waals surface area contributed by atoms with Crippen LogP contribution in [0.2, 0.25) is 0 Å². The predicted molar refractivity (Wildman–Crippen MR) is 136 cm³/mol. The SMILES string of the molecule is COCCn1c(CC2CCCCN2C(=O)c2nc(C)sc2-c2ccc(F)cc2)nc2cc(F)c(F)cc21. The lowest BCUT2D eigenvalue weighted by molar-refractivity contribution is 0.0605. The lowest BCUT2D eigenvalue weighted by atomic mass is 9.98. The molecule has 0 saturated carbocycles. The zero-order valence-corrected chi connectivity index (χ0v) is 21.5. The van der Waals surface area contributed by atoms with Crippen molar-refractivity contribution in [3.63, 3.8) is 0 Å². The minimum atomic E-state index is -0.947. The van der Waals surface area contributed by atoms with Gasteiger partial charge in [0.2, 0.25) is 0 Å². The van der Waals surface area contributed by atoms with Crippen molar-refractivity contribution in [2.45, 2.75) is 45.2 Å². The van der Waals surface area contributed by atoms with Crippen LogP contribution in [0, 0.1) is 24.4 Å². The molecule has 37 heavy (non-hydrogen) atoms. The average Bonchev–Trinajstić information content (AvgIpc) is 3.43. The molecule has 0 spiro atoms. The molecule has 1 unspecified atom stereocenters. The minimum Gasteiger partial charge on any atom is -0.383 e. The van der Waals surface area contributed by atoms with Crippen LogP contribution in [0.4, 0.5) is 13.2 Å². The number of hydrogen-bond donors (Lipinski definition) is 0. The molecule has 1 aliphatic rings. The molecule has 1 aliphatic heterocycles. The zero-order chi connectivity index (χ0) is 26.1. The Morgan fingerprint density at radius 3 is 2.62 bits per heavy atom. The van der Waals surface area contributed by atoms with Gasteiger partial charge in [0.1, 0.15) is 17.3 Å². The summed E-state index contributed by atoms with van der Waals surface area (Å²) in [6, 6.07) is 8.17. The summed E-state index contributed by atoms with van der Waals surface area (Å²) in [6.07, 6.45) is 3.03. The summed E-state index contributed by atoms with van der Waals surface area (Å²) < 4.78 is 48.6. The molecule has 2 aromatic heterocycles. The third kappa shape index (κ3) is 5.13. The van der Waals surface area contributed by atoms with E-state index in [0.717, 1.165) is 42.0 Å². The number of ether oxygens (including phenoxy) is 1. The second-order valence-corrected chi connectivity index (χ2v) is 10.4. The fourth-order valence-corrected chi connectivity index (χ4v) is 5.87. The van der Waals surface area contributed by atoms with E-state index in [1.165, 1.54) is 23.5 Å². The standard InChI is InChI=1S/C27H27F3N4O2S/c1-16-31-25(26(37-16)17-6-8-18(28)9-7-17)27(35)33-10-4-3-5-19(33)13-24-32-22-14-20(29)21(30)15-23(22)34(24)11-12-36-2/h6-9,14-15,19H,3-5,10-13H2,1-2H3. The van der Waals surface area contributed by atoms with E-state index in [2.05, 4.69) is 9.97 Å². The van der Waals surface area contributed by atoms with Gasteiger partial charge in [-0.25, -0.2) is 23.1 Å². The second kappa shape index (κ2) is 10.6. The molecule has 5 rings (SSSR count). The maximum Gasteiger partial charge on any atom is 0.274 e. The number of amides is 1. The summed E-state index contributed by atoms with van der Waals surface area (Å²) in [5.74, 6) is -1.75. The van der Waals surface area contributed by atoms with Crippen LogP contribution in [0.15, 0.2) is 36.4 Å². The Morgan fingerprint density at radius 1 is 1.11 bits per heavy atom. The molecule has 1 fully saturated rings. The first-order chi connectivity index (χ1) is 17.9. The number of piperidine rings is 1. The van der Waals surface area contributed by atoms with Crippen LogP contribution in [-0.4, -0.2) is 51.6 Å². The number of imidazole rings is 1. The van der Waals surface area contributed by atoms with E-state index in [1.807, 2.05) is 16.4 Å². The van der Waals surface area contributed by atoms with Crippen LogP contribution in [0.1, 0.15) is 40.6 Å². The number of carbonyl (C=O) groups is 1. The molecule has 6 nitrogen and oxygen atoms in total. The monoisotopic (exact) mass is 528 g/mol. The highest BCUT2D eigenvalue weighted by molar-refractivity contribution is 7.15. The molecule has 1 saturated heterocycles. The summed E-state index contributed by atoms with van der Waals surface area (Å²) in [6.45, 7) is 3.22. The minimum absolute atomic E-state index is 0.155. The molecule has 10 heteroatoms. The molecular formula is C27H27F3N4O2S. The number of methoxy groups -OCH3 is 1. The van der Waals surface area contributed by atoms with Gasteiger partial charge in [0.25, 0.3) is 5.91 Å². The van der Waals surface area contributed by atoms with Gasteiger partial charge in [0, 0.05) is 44.8 Å². The number of hydrogen-bond acceptors (Lipinski definition) is 5. The third-order valence-corrected chi connectivity index (χ3v) is 7.76. The molecule has 0 bridgehead atoms. The van der Waals surface area contributed by atoms with E-state index in [9.17, 15) is 18.0 Å². The lowest BCUT2D eigenvalue weighted by Gasteiger charge is -2.35. The number of likely N-dealkylation sites (tertiary alicyclic amines) is 1. The van der Waals surface area contributed by atoms with Gasteiger partial charge < -0.3 is 14.2 Å². The number of benzene rings is 2. The summed E-state index contributed by atoms with van der Waals surface area (Å²) >= 11 is 1.41. The van der Waals surface area contributed by atoms with Crippen LogP contribution in [0.5, 0.6) is 0 Å². The first kappa shape index (κ1) is 25.4. The van der Waals surface area contributed by atoms with E-state index in [0.29, 0.717) is 53.5 Å². The molecule has 0 radical (unpaired) electrons. The van der Waals surface area contributed by atoms with Gasteiger partial charge in [-0.2, -0.15) is 0 Å². The summed E-state index contributed by atoms with van der Waals surface area (Å²) in [4.78, 5) is 25.6. The van der Waals surface area contributed by atoms with Crippen LogP contribution in [0.25, 0.3) is 21.5 Å². The quantitative estimate of drug-likeness (QED) is 0.306. The van der Waals surface area contributed by atoms with Crippen LogP contribution in [0.3, 0.4) is 0 Å². The summed E-state index contributed by atoms with van der Waals surface area (Å²) in [5, 5.41) is 0.752. The van der Waals surface area contributed by atoms with Crippen LogP contribution < -0.4 is 0 Å². The Hall–Kier alpha value is -3.24. The third-order valence-electron chi connectivity index (χ3n) is 6.74. The number of fused-ring (bicyclic) bond motifs is 1. The smallest absolute Gasteiger partial charge is 0.274 e. The van der Waals surface area contributed by atoms with E-state index >= 15 is 0 Å². The van der Waals surface area contributed by atoms with Crippen molar-refractivity contribution in [1.82, 2.24) is 19.4 Å². The van der Waals surface area contributed by atoms with Crippen molar-refractivity contribution in [1.29, 1.82) is 0 Å². The highest BCUT2D eigenvalue weighted by Gasteiger charge is 2.32. The molecule has 1 atom stereocenters. The largest absolute Gasteiger partial charge is 0.383 e. The molecular weight excluding hydrogens is 501 g/mol. The summed E-state index contributed by atoms with van der Waals surface area (Å²) in [7, 11) is 1.58. The number of aromatic nitrogens is 3. The number of rotatable bonds is 7. The lowest BCUT2D eigenvalue weighted by Crippen LogP contribution is -2.45. The maximum atomic E-state index is 14.0. The van der Waals surface area contributed by atoms with Crippen molar-refractivity contribution >= 4 is 28.3 Å². The highest BCUT2D eigenvalue weighted by atomic mass is 32.1. The molecule has 2 aromatic carbocycles. The maximum absolute atomic E-state index is 14.0. The Balaban J connectivity index is 1.48. The van der Waals surface area contributed by atoms with Gasteiger partial charge in [0.15, 0.2) is 11.6 Å². The van der Waals surface area contributed by atoms with E-state index in [1.54, 1.807) is 19.2 Å². The van der Waals surface area contributed by atoms with Crippen molar-refractivity contribution in [3.8, 4) is 10.4 Å². The average molecular weight is 529 g/mol. The highest BCUT2D eigenvalue weighted by Crippen LogP contribution is 2.33. The number of carbonyl (C=O) groups excluding carboxylic acids is 1. The number of aryl methyl sites for hydroxylation is 1. The first-order valence-corrected chi connectivity index (χ1v) is 13.0. The molecule has 3 heterocycles. The van der Waals surface area contributed by atoms with E-state index < -0.39 is 11.6 Å². The first-order valence-electron chi connectivity index (χ1n) is 12.2. The van der Waals surface area contributed by atoms with Gasteiger partial charge in [-0.3, -0.25) is 4.79 Å². The summed E-state index contributed by atoms with van der Waals surface area (Å²) in [5.41, 5.74) is 1.97.